The zero-order chi connectivity index (χ0) is 31.0. The monoisotopic (exact) mass is 635 g/mol. The highest BCUT2D eigenvalue weighted by molar-refractivity contribution is 7.92. The molecule has 2 amide bonds. The largest absolute Gasteiger partial charge is 0.493 e. The van der Waals surface area contributed by atoms with E-state index in [0.29, 0.717) is 34.3 Å². The lowest BCUT2D eigenvalue weighted by atomic mass is 10.1. The highest BCUT2D eigenvalue weighted by atomic mass is 35.5. The molecule has 0 radical (unpaired) electrons. The van der Waals surface area contributed by atoms with Crippen molar-refractivity contribution in [1.29, 1.82) is 0 Å². The minimum atomic E-state index is -4.26. The van der Waals surface area contributed by atoms with Gasteiger partial charge in [-0.2, -0.15) is 0 Å². The second-order valence-electron chi connectivity index (χ2n) is 9.55. The maximum Gasteiger partial charge on any atom is 0.264 e. The fourth-order valence-electron chi connectivity index (χ4n) is 4.18. The van der Waals surface area contributed by atoms with Crippen molar-refractivity contribution in [3.63, 3.8) is 0 Å². The van der Waals surface area contributed by atoms with Crippen molar-refractivity contribution in [2.45, 2.75) is 44.7 Å². The van der Waals surface area contributed by atoms with Crippen LogP contribution in [0.15, 0.2) is 65.6 Å². The molecule has 0 aromatic heterocycles. The lowest BCUT2D eigenvalue weighted by Gasteiger charge is -2.32. The fraction of sp³-hybridized carbons (Fsp3) is 0.333. The summed E-state index contributed by atoms with van der Waals surface area (Å²) in [4.78, 5) is 28.4. The number of amides is 2. The number of nitrogens with zero attached hydrogens (tertiary/aromatic N) is 2. The van der Waals surface area contributed by atoms with Gasteiger partial charge in [0.1, 0.15) is 12.6 Å². The van der Waals surface area contributed by atoms with Crippen LogP contribution in [0.1, 0.15) is 31.4 Å². The molecule has 0 aliphatic heterocycles. The summed E-state index contributed by atoms with van der Waals surface area (Å²) in [6.45, 7) is 4.99. The van der Waals surface area contributed by atoms with Crippen LogP contribution in [-0.2, 0) is 26.2 Å². The van der Waals surface area contributed by atoms with Gasteiger partial charge >= 0.3 is 0 Å². The first kappa shape index (κ1) is 33.0. The van der Waals surface area contributed by atoms with Gasteiger partial charge in [-0.15, -0.1) is 0 Å². The van der Waals surface area contributed by atoms with Crippen molar-refractivity contribution in [2.75, 3.05) is 31.6 Å². The van der Waals surface area contributed by atoms with E-state index in [2.05, 4.69) is 5.32 Å². The number of halogens is 2. The summed E-state index contributed by atoms with van der Waals surface area (Å²) < 4.78 is 39.8. The number of hydrogen-bond acceptors (Lipinski definition) is 6. The van der Waals surface area contributed by atoms with Gasteiger partial charge in [-0.25, -0.2) is 8.42 Å². The Bertz CT molecular complexity index is 1500. The van der Waals surface area contributed by atoms with Crippen LogP contribution in [0.3, 0.4) is 0 Å². The van der Waals surface area contributed by atoms with Crippen LogP contribution >= 0.6 is 23.2 Å². The SMILES string of the molecule is CCCNC(=O)[C@@H](C)N(Cc1c(Cl)cccc1Cl)C(=O)CN(c1ccc(OC)c(OC)c1)S(=O)(=O)c1ccc(C)cc1. The molecule has 1 N–H and O–H groups in total. The van der Waals surface area contributed by atoms with E-state index in [1.165, 1.54) is 43.4 Å². The Labute approximate surface area is 257 Å². The van der Waals surface area contributed by atoms with E-state index in [1.54, 1.807) is 43.3 Å². The van der Waals surface area contributed by atoms with Crippen molar-refractivity contribution in [3.8, 4) is 11.5 Å². The molecule has 226 valence electrons. The van der Waals surface area contributed by atoms with E-state index in [9.17, 15) is 18.0 Å². The van der Waals surface area contributed by atoms with E-state index in [1.807, 2.05) is 13.8 Å². The number of carbonyl (C=O) groups is 2. The van der Waals surface area contributed by atoms with E-state index < -0.39 is 34.4 Å². The number of rotatable bonds is 13. The minimum absolute atomic E-state index is 0.00915. The third kappa shape index (κ3) is 7.67. The van der Waals surface area contributed by atoms with Crippen LogP contribution < -0.4 is 19.1 Å². The molecular weight excluding hydrogens is 601 g/mol. The average molecular weight is 637 g/mol. The molecule has 1 atom stereocenters. The number of carbonyl (C=O) groups excluding carboxylic acids is 2. The number of sulfonamides is 1. The number of hydrogen-bond donors (Lipinski definition) is 1. The third-order valence-electron chi connectivity index (χ3n) is 6.65. The van der Waals surface area contributed by atoms with Crippen LogP contribution in [0, 0.1) is 6.92 Å². The molecule has 42 heavy (non-hydrogen) atoms. The van der Waals surface area contributed by atoms with Gasteiger partial charge in [0.05, 0.1) is 24.8 Å². The Morgan fingerprint density at radius 3 is 2.14 bits per heavy atom. The van der Waals surface area contributed by atoms with Gasteiger partial charge in [-0.3, -0.25) is 13.9 Å². The molecule has 3 aromatic carbocycles. The molecular formula is C30H35Cl2N3O6S. The van der Waals surface area contributed by atoms with Gasteiger partial charge in [-0.1, -0.05) is 53.9 Å². The second-order valence-corrected chi connectivity index (χ2v) is 12.2. The van der Waals surface area contributed by atoms with Crippen molar-refractivity contribution in [2.24, 2.45) is 0 Å². The van der Waals surface area contributed by atoms with Crippen LogP contribution in [0.2, 0.25) is 10.0 Å². The Kier molecular flexibility index (Phi) is 11.5. The Morgan fingerprint density at radius 2 is 1.57 bits per heavy atom. The van der Waals surface area contributed by atoms with E-state index in [-0.39, 0.29) is 22.9 Å². The summed E-state index contributed by atoms with van der Waals surface area (Å²) in [7, 11) is -1.37. The van der Waals surface area contributed by atoms with E-state index in [0.717, 1.165) is 9.87 Å². The van der Waals surface area contributed by atoms with Crippen LogP contribution in [-0.4, -0.2) is 58.5 Å². The molecule has 3 rings (SSSR count). The van der Waals surface area contributed by atoms with Gasteiger partial charge in [-0.05, 0) is 56.7 Å². The first-order valence-electron chi connectivity index (χ1n) is 13.3. The number of aryl methyl sites for hydroxylation is 1. The maximum atomic E-state index is 14.1. The third-order valence-corrected chi connectivity index (χ3v) is 9.15. The standard InChI is InChI=1S/C30H35Cl2N3O6S/c1-6-16-33-30(37)21(3)34(18-24-25(31)8-7-9-26(24)32)29(36)19-35(22-12-15-27(40-4)28(17-22)41-5)42(38,39)23-13-10-20(2)11-14-23/h7-15,17,21H,6,16,18-19H2,1-5H3,(H,33,37)/t21-/m1/s1. The molecule has 0 unspecified atom stereocenters. The minimum Gasteiger partial charge on any atom is -0.493 e. The lowest BCUT2D eigenvalue weighted by Crippen LogP contribution is -2.51. The van der Waals surface area contributed by atoms with Crippen LogP contribution in [0.25, 0.3) is 0 Å². The number of anilines is 1. The molecule has 0 spiro atoms. The zero-order valence-corrected chi connectivity index (χ0v) is 26.5. The summed E-state index contributed by atoms with van der Waals surface area (Å²) in [5.74, 6) is -0.377. The van der Waals surface area contributed by atoms with Crippen LogP contribution in [0.5, 0.6) is 11.5 Å². The summed E-state index contributed by atoms with van der Waals surface area (Å²) in [6.07, 6.45) is 0.699. The van der Waals surface area contributed by atoms with Crippen molar-refractivity contribution >= 4 is 50.7 Å². The Balaban J connectivity index is 2.11. The zero-order valence-electron chi connectivity index (χ0n) is 24.2. The summed E-state index contributed by atoms with van der Waals surface area (Å²) in [5.41, 5.74) is 1.47. The lowest BCUT2D eigenvalue weighted by molar-refractivity contribution is -0.139. The van der Waals surface area contributed by atoms with Crippen molar-refractivity contribution in [3.05, 3.63) is 81.8 Å². The molecule has 9 nitrogen and oxygen atoms in total. The smallest absolute Gasteiger partial charge is 0.264 e. The first-order chi connectivity index (χ1) is 19.9. The number of ether oxygens (including phenoxy) is 2. The number of nitrogens with one attached hydrogen (secondary N) is 1. The topological polar surface area (TPSA) is 105 Å². The molecule has 0 saturated carbocycles. The highest BCUT2D eigenvalue weighted by Gasteiger charge is 2.33. The first-order valence-corrected chi connectivity index (χ1v) is 15.5. The normalized spacial score (nSPS) is 11.9. The Hall–Kier alpha value is -3.47. The predicted molar refractivity (Wildman–Crippen MR) is 165 cm³/mol. The quantitative estimate of drug-likeness (QED) is 0.267. The molecule has 0 aliphatic carbocycles. The fourth-order valence-corrected chi connectivity index (χ4v) is 6.10. The van der Waals surface area contributed by atoms with Crippen molar-refractivity contribution in [1.82, 2.24) is 10.2 Å². The van der Waals surface area contributed by atoms with E-state index >= 15 is 0 Å². The van der Waals surface area contributed by atoms with Gasteiger partial charge in [0.2, 0.25) is 11.8 Å². The maximum absolute atomic E-state index is 14.1. The highest BCUT2D eigenvalue weighted by Crippen LogP contribution is 2.34. The van der Waals surface area contributed by atoms with Gasteiger partial charge in [0.15, 0.2) is 11.5 Å². The van der Waals surface area contributed by atoms with Crippen molar-refractivity contribution < 1.29 is 27.5 Å². The van der Waals surface area contributed by atoms with E-state index in [4.69, 9.17) is 32.7 Å². The number of methoxy groups -OCH3 is 2. The summed E-state index contributed by atoms with van der Waals surface area (Å²) in [6, 6.07) is 14.8. The molecule has 0 heterocycles. The molecule has 0 bridgehead atoms. The second kappa shape index (κ2) is 14.6. The summed E-state index contributed by atoms with van der Waals surface area (Å²) in [5, 5.41) is 3.42. The molecule has 12 heteroatoms. The molecule has 3 aromatic rings. The molecule has 0 aliphatic rings. The predicted octanol–water partition coefficient (Wildman–Crippen LogP) is 5.46. The average Bonchev–Trinajstić information content (AvgIpc) is 2.97. The molecule has 0 fully saturated rings. The van der Waals surface area contributed by atoms with Crippen LogP contribution in [0.4, 0.5) is 5.69 Å². The van der Waals surface area contributed by atoms with Gasteiger partial charge < -0.3 is 19.7 Å². The van der Waals surface area contributed by atoms with Gasteiger partial charge in [0, 0.05) is 34.8 Å². The number of benzene rings is 3. The Morgan fingerprint density at radius 1 is 0.952 bits per heavy atom. The molecule has 0 saturated heterocycles. The van der Waals surface area contributed by atoms with Gasteiger partial charge in [0.25, 0.3) is 10.0 Å². The summed E-state index contributed by atoms with van der Waals surface area (Å²) >= 11 is 12.8.